The van der Waals surface area contributed by atoms with Gasteiger partial charge in [0, 0.05) is 18.4 Å². The number of rotatable bonds is 4. The molecule has 0 aliphatic heterocycles. The third-order valence-corrected chi connectivity index (χ3v) is 1.81. The molecule has 0 saturated heterocycles. The van der Waals surface area contributed by atoms with Crippen LogP contribution in [0.4, 0.5) is 0 Å². The molecule has 0 spiro atoms. The third kappa shape index (κ3) is 7.93. The van der Waals surface area contributed by atoms with Crippen molar-refractivity contribution in [2.45, 2.75) is 13.3 Å². The SMILES string of the molecule is C=Cc1ccccn1.CC(=CCCO)C(=O)O. The molecule has 0 aromatic carbocycles. The lowest BCUT2D eigenvalue weighted by Crippen LogP contribution is -1.95. The van der Waals surface area contributed by atoms with Gasteiger partial charge in [0.05, 0.1) is 5.69 Å². The van der Waals surface area contributed by atoms with Gasteiger partial charge in [0.25, 0.3) is 0 Å². The molecule has 0 atom stereocenters. The molecule has 0 bridgehead atoms. The molecule has 1 aromatic heterocycles. The molecule has 0 saturated carbocycles. The van der Waals surface area contributed by atoms with E-state index in [0.29, 0.717) is 6.42 Å². The number of aromatic nitrogens is 1. The lowest BCUT2D eigenvalue weighted by atomic mass is 10.2. The number of carboxylic acids is 1. The van der Waals surface area contributed by atoms with Crippen molar-refractivity contribution in [1.82, 2.24) is 4.98 Å². The smallest absolute Gasteiger partial charge is 0.330 e. The number of carbonyl (C=O) groups is 1. The van der Waals surface area contributed by atoms with Gasteiger partial charge < -0.3 is 10.2 Å². The number of aliphatic hydroxyl groups is 1. The predicted molar refractivity (Wildman–Crippen MR) is 67.4 cm³/mol. The van der Waals surface area contributed by atoms with Crippen molar-refractivity contribution in [1.29, 1.82) is 0 Å². The Kier molecular flexibility index (Phi) is 8.24. The van der Waals surface area contributed by atoms with Gasteiger partial charge in [-0.3, -0.25) is 4.98 Å². The fraction of sp³-hybridized carbons (Fsp3) is 0.231. The van der Waals surface area contributed by atoms with Crippen molar-refractivity contribution in [3.63, 3.8) is 0 Å². The molecule has 0 aliphatic rings. The Labute approximate surface area is 101 Å². The van der Waals surface area contributed by atoms with E-state index in [9.17, 15) is 4.79 Å². The monoisotopic (exact) mass is 235 g/mol. The van der Waals surface area contributed by atoms with E-state index in [-0.39, 0.29) is 12.2 Å². The Morgan fingerprint density at radius 3 is 2.59 bits per heavy atom. The van der Waals surface area contributed by atoms with Crippen molar-refractivity contribution >= 4 is 12.0 Å². The topological polar surface area (TPSA) is 70.4 Å². The summed E-state index contributed by atoms with van der Waals surface area (Å²) >= 11 is 0. The van der Waals surface area contributed by atoms with E-state index in [2.05, 4.69) is 11.6 Å². The maximum atomic E-state index is 10.1. The molecule has 0 aliphatic carbocycles. The highest BCUT2D eigenvalue weighted by molar-refractivity contribution is 5.85. The van der Waals surface area contributed by atoms with Crippen LogP contribution in [-0.2, 0) is 4.79 Å². The van der Waals surface area contributed by atoms with Crippen LogP contribution in [0.25, 0.3) is 6.08 Å². The molecule has 1 rings (SSSR count). The van der Waals surface area contributed by atoms with Crippen molar-refractivity contribution < 1.29 is 15.0 Å². The minimum Gasteiger partial charge on any atom is -0.478 e. The summed E-state index contributed by atoms with van der Waals surface area (Å²) in [5.41, 5.74) is 1.21. The van der Waals surface area contributed by atoms with Gasteiger partial charge in [0.2, 0.25) is 0 Å². The standard InChI is InChI=1S/C7H7N.C6H10O3/c1-2-7-5-3-4-6-8-7;1-5(6(8)9)3-2-4-7/h2-6H,1H2;3,7H,2,4H2,1H3,(H,8,9). The first-order valence-corrected chi connectivity index (χ1v) is 5.16. The molecule has 17 heavy (non-hydrogen) atoms. The van der Waals surface area contributed by atoms with Gasteiger partial charge in [0.1, 0.15) is 0 Å². The molecule has 4 nitrogen and oxygen atoms in total. The van der Waals surface area contributed by atoms with Crippen LogP contribution in [-0.4, -0.2) is 27.8 Å². The number of pyridine rings is 1. The Balaban J connectivity index is 0.000000302. The van der Waals surface area contributed by atoms with E-state index in [1.165, 1.54) is 13.0 Å². The fourth-order valence-corrected chi connectivity index (χ4v) is 0.865. The van der Waals surface area contributed by atoms with Crippen molar-refractivity contribution in [2.75, 3.05) is 6.61 Å². The molecule has 1 aromatic rings. The molecule has 0 amide bonds. The number of aliphatic carboxylic acids is 1. The lowest BCUT2D eigenvalue weighted by molar-refractivity contribution is -0.132. The Bertz CT molecular complexity index is 372. The summed E-state index contributed by atoms with van der Waals surface area (Å²) in [7, 11) is 0. The molecule has 92 valence electrons. The van der Waals surface area contributed by atoms with Crippen LogP contribution in [0, 0.1) is 0 Å². The van der Waals surface area contributed by atoms with Crippen LogP contribution in [0.3, 0.4) is 0 Å². The quantitative estimate of drug-likeness (QED) is 0.784. The van der Waals surface area contributed by atoms with Crippen LogP contribution < -0.4 is 0 Å². The minimum absolute atomic E-state index is 0.00458. The van der Waals surface area contributed by atoms with Gasteiger partial charge in [-0.05, 0) is 31.6 Å². The fourth-order valence-electron chi connectivity index (χ4n) is 0.865. The molecular formula is C13H17NO3. The lowest BCUT2D eigenvalue weighted by Gasteiger charge is -1.89. The number of hydrogen-bond acceptors (Lipinski definition) is 3. The van der Waals surface area contributed by atoms with Gasteiger partial charge in [-0.2, -0.15) is 0 Å². The highest BCUT2D eigenvalue weighted by atomic mass is 16.4. The molecule has 1 heterocycles. The second kappa shape index (κ2) is 9.30. The van der Waals surface area contributed by atoms with Gasteiger partial charge in [-0.15, -0.1) is 0 Å². The summed E-state index contributed by atoms with van der Waals surface area (Å²) in [6.07, 6.45) is 5.37. The summed E-state index contributed by atoms with van der Waals surface area (Å²) in [5.74, 6) is -0.927. The highest BCUT2D eigenvalue weighted by Crippen LogP contribution is 1.93. The summed E-state index contributed by atoms with van der Waals surface area (Å²) in [5, 5.41) is 16.5. The predicted octanol–water partition coefficient (Wildman–Crippen LogP) is 2.12. The average molecular weight is 235 g/mol. The average Bonchev–Trinajstić information content (AvgIpc) is 2.37. The van der Waals surface area contributed by atoms with Gasteiger partial charge in [0.15, 0.2) is 0 Å². The second-order valence-corrected chi connectivity index (χ2v) is 3.16. The maximum Gasteiger partial charge on any atom is 0.330 e. The van der Waals surface area contributed by atoms with Crippen LogP contribution in [0.15, 0.2) is 42.6 Å². The Morgan fingerprint density at radius 1 is 1.53 bits per heavy atom. The van der Waals surface area contributed by atoms with Crippen LogP contribution in [0.2, 0.25) is 0 Å². The molecule has 0 unspecified atom stereocenters. The van der Waals surface area contributed by atoms with Crippen LogP contribution >= 0.6 is 0 Å². The second-order valence-electron chi connectivity index (χ2n) is 3.16. The van der Waals surface area contributed by atoms with E-state index in [1.54, 1.807) is 12.3 Å². The van der Waals surface area contributed by atoms with Crippen molar-refractivity contribution in [3.8, 4) is 0 Å². The van der Waals surface area contributed by atoms with Gasteiger partial charge in [-0.25, -0.2) is 4.79 Å². The molecule has 2 N–H and O–H groups in total. The van der Waals surface area contributed by atoms with E-state index in [4.69, 9.17) is 10.2 Å². The molecule has 0 radical (unpaired) electrons. The normalized spacial score (nSPS) is 10.1. The number of hydrogen-bond donors (Lipinski definition) is 2. The zero-order chi connectivity index (χ0) is 13.1. The third-order valence-electron chi connectivity index (χ3n) is 1.81. The first-order chi connectivity index (χ1) is 8.11. The number of aliphatic hydroxyl groups excluding tert-OH is 1. The van der Waals surface area contributed by atoms with Crippen molar-refractivity contribution in [3.05, 3.63) is 48.3 Å². The summed E-state index contributed by atoms with van der Waals surface area (Å²) in [4.78, 5) is 14.0. The first-order valence-electron chi connectivity index (χ1n) is 5.16. The highest BCUT2D eigenvalue weighted by Gasteiger charge is 1.96. The molecule has 4 heteroatoms. The molecular weight excluding hydrogens is 218 g/mol. The van der Waals surface area contributed by atoms with E-state index >= 15 is 0 Å². The summed E-state index contributed by atoms with van der Waals surface area (Å²) in [6, 6.07) is 5.73. The van der Waals surface area contributed by atoms with Crippen molar-refractivity contribution in [2.24, 2.45) is 0 Å². The number of nitrogens with zero attached hydrogens (tertiary/aromatic N) is 1. The summed E-state index contributed by atoms with van der Waals surface area (Å²) < 4.78 is 0. The van der Waals surface area contributed by atoms with Gasteiger partial charge in [-0.1, -0.05) is 18.7 Å². The summed E-state index contributed by atoms with van der Waals surface area (Å²) in [6.45, 7) is 5.07. The zero-order valence-electron chi connectivity index (χ0n) is 9.84. The van der Waals surface area contributed by atoms with E-state index in [0.717, 1.165) is 5.69 Å². The maximum absolute atomic E-state index is 10.1. The largest absolute Gasteiger partial charge is 0.478 e. The first kappa shape index (κ1) is 15.1. The minimum atomic E-state index is -0.927. The van der Waals surface area contributed by atoms with Crippen LogP contribution in [0.5, 0.6) is 0 Å². The Morgan fingerprint density at radius 2 is 2.24 bits per heavy atom. The van der Waals surface area contributed by atoms with Crippen LogP contribution in [0.1, 0.15) is 19.0 Å². The van der Waals surface area contributed by atoms with E-state index in [1.807, 2.05) is 18.2 Å². The molecule has 0 fully saturated rings. The van der Waals surface area contributed by atoms with Gasteiger partial charge >= 0.3 is 5.97 Å². The number of carboxylic acid groups (broad SMARTS) is 1. The zero-order valence-corrected chi connectivity index (χ0v) is 9.84. The van der Waals surface area contributed by atoms with E-state index < -0.39 is 5.97 Å². The Hall–Kier alpha value is -1.94.